The summed E-state index contributed by atoms with van der Waals surface area (Å²) >= 11 is 5.67. The van der Waals surface area contributed by atoms with E-state index in [1.165, 1.54) is 36.4 Å². The van der Waals surface area contributed by atoms with E-state index in [9.17, 15) is 23.7 Å². The molecule has 0 spiro atoms. The van der Waals surface area contributed by atoms with Gasteiger partial charge >= 0.3 is 6.61 Å². The van der Waals surface area contributed by atoms with E-state index in [1.807, 2.05) is 0 Å². The summed E-state index contributed by atoms with van der Waals surface area (Å²) in [6, 6.07) is 8.86. The zero-order valence-electron chi connectivity index (χ0n) is 11.3. The van der Waals surface area contributed by atoms with Gasteiger partial charge < -0.3 is 10.1 Å². The lowest BCUT2D eigenvalue weighted by Crippen LogP contribution is -2.12. The van der Waals surface area contributed by atoms with Crippen LogP contribution in [0.25, 0.3) is 0 Å². The summed E-state index contributed by atoms with van der Waals surface area (Å²) in [6.07, 6.45) is 0. The Morgan fingerprint density at radius 3 is 2.43 bits per heavy atom. The van der Waals surface area contributed by atoms with Crippen molar-refractivity contribution in [1.82, 2.24) is 0 Å². The van der Waals surface area contributed by atoms with Gasteiger partial charge in [-0.3, -0.25) is 14.9 Å². The van der Waals surface area contributed by atoms with Gasteiger partial charge in [-0.2, -0.15) is 8.78 Å². The highest BCUT2D eigenvalue weighted by atomic mass is 35.5. The molecule has 0 radical (unpaired) electrons. The van der Waals surface area contributed by atoms with Gasteiger partial charge in [-0.15, -0.1) is 0 Å². The van der Waals surface area contributed by atoms with Gasteiger partial charge in [0.2, 0.25) is 0 Å². The largest absolute Gasteiger partial charge is 0.435 e. The molecule has 0 heterocycles. The Kier molecular flexibility index (Phi) is 5.07. The van der Waals surface area contributed by atoms with E-state index in [0.29, 0.717) is 5.69 Å². The van der Waals surface area contributed by atoms with Crippen LogP contribution >= 0.6 is 11.6 Å². The molecule has 9 heteroatoms. The summed E-state index contributed by atoms with van der Waals surface area (Å²) in [5.41, 5.74) is -0.0387. The van der Waals surface area contributed by atoms with E-state index in [4.69, 9.17) is 11.6 Å². The second-order valence-corrected chi connectivity index (χ2v) is 4.69. The molecule has 0 saturated heterocycles. The van der Waals surface area contributed by atoms with Gasteiger partial charge in [-0.05, 0) is 36.4 Å². The maximum atomic E-state index is 12.0. The van der Waals surface area contributed by atoms with E-state index in [2.05, 4.69) is 10.1 Å². The van der Waals surface area contributed by atoms with Crippen LogP contribution < -0.4 is 10.1 Å². The standard InChI is InChI=1S/C14H9ClF2N2O4/c15-11-6-1-8(7-12(11)19(21)22)13(20)18-9-2-4-10(5-3-9)23-14(16)17/h1-7,14H,(H,18,20). The number of alkyl halides is 2. The summed E-state index contributed by atoms with van der Waals surface area (Å²) in [4.78, 5) is 22.1. The highest BCUT2D eigenvalue weighted by Crippen LogP contribution is 2.25. The Balaban J connectivity index is 2.13. The molecule has 6 nitrogen and oxygen atoms in total. The number of halogens is 3. The summed E-state index contributed by atoms with van der Waals surface area (Å²) in [5, 5.41) is 13.2. The fourth-order valence-electron chi connectivity index (χ4n) is 1.72. The first-order valence-corrected chi connectivity index (χ1v) is 6.55. The minimum Gasteiger partial charge on any atom is -0.435 e. The predicted octanol–water partition coefficient (Wildman–Crippen LogP) is 4.10. The number of rotatable bonds is 5. The lowest BCUT2D eigenvalue weighted by atomic mass is 10.2. The quantitative estimate of drug-likeness (QED) is 0.655. The lowest BCUT2D eigenvalue weighted by molar-refractivity contribution is -0.384. The van der Waals surface area contributed by atoms with Gasteiger partial charge in [0.15, 0.2) is 0 Å². The van der Waals surface area contributed by atoms with Crippen molar-refractivity contribution in [3.8, 4) is 5.75 Å². The fourth-order valence-corrected chi connectivity index (χ4v) is 1.90. The minimum atomic E-state index is -2.94. The molecular formula is C14H9ClF2N2O4. The molecule has 0 saturated carbocycles. The van der Waals surface area contributed by atoms with Crippen LogP contribution in [0.1, 0.15) is 10.4 Å². The molecule has 23 heavy (non-hydrogen) atoms. The molecule has 1 amide bonds. The van der Waals surface area contributed by atoms with Gasteiger partial charge in [0.05, 0.1) is 4.92 Å². The number of amides is 1. The zero-order chi connectivity index (χ0) is 17.0. The minimum absolute atomic E-state index is 0.0361. The van der Waals surface area contributed by atoms with Crippen LogP contribution in [0.2, 0.25) is 5.02 Å². The smallest absolute Gasteiger partial charge is 0.387 e. The van der Waals surface area contributed by atoms with E-state index >= 15 is 0 Å². The van der Waals surface area contributed by atoms with Crippen LogP contribution in [0.5, 0.6) is 5.75 Å². The average molecular weight is 343 g/mol. The van der Waals surface area contributed by atoms with Crippen LogP contribution in [-0.4, -0.2) is 17.4 Å². The average Bonchev–Trinajstić information content (AvgIpc) is 2.48. The van der Waals surface area contributed by atoms with Crippen molar-refractivity contribution >= 4 is 28.9 Å². The maximum Gasteiger partial charge on any atom is 0.387 e. The molecule has 2 aromatic rings. The van der Waals surface area contributed by atoms with Gasteiger partial charge in [0, 0.05) is 17.3 Å². The number of nitrogens with one attached hydrogen (secondary N) is 1. The lowest BCUT2D eigenvalue weighted by Gasteiger charge is -2.08. The molecule has 0 aliphatic heterocycles. The summed E-state index contributed by atoms with van der Waals surface area (Å²) in [7, 11) is 0. The first-order valence-electron chi connectivity index (χ1n) is 6.17. The van der Waals surface area contributed by atoms with Crippen molar-refractivity contribution in [1.29, 1.82) is 0 Å². The number of hydrogen-bond donors (Lipinski definition) is 1. The first-order chi connectivity index (χ1) is 10.9. The number of ether oxygens (including phenoxy) is 1. The Morgan fingerprint density at radius 2 is 1.87 bits per heavy atom. The zero-order valence-corrected chi connectivity index (χ0v) is 12.1. The molecular weight excluding hydrogens is 334 g/mol. The summed E-state index contributed by atoms with van der Waals surface area (Å²) < 4.78 is 28.2. The normalized spacial score (nSPS) is 10.4. The van der Waals surface area contributed by atoms with Crippen molar-refractivity contribution in [2.45, 2.75) is 6.61 Å². The number of nitro groups is 1. The molecule has 1 N–H and O–H groups in total. The molecule has 0 bridgehead atoms. The molecule has 2 rings (SSSR count). The van der Waals surface area contributed by atoms with Crippen molar-refractivity contribution in [3.63, 3.8) is 0 Å². The second-order valence-electron chi connectivity index (χ2n) is 4.28. The number of anilines is 1. The fraction of sp³-hybridized carbons (Fsp3) is 0.0714. The third-order valence-corrected chi connectivity index (χ3v) is 3.06. The van der Waals surface area contributed by atoms with E-state index in [1.54, 1.807) is 0 Å². The van der Waals surface area contributed by atoms with Crippen LogP contribution in [-0.2, 0) is 0 Å². The predicted molar refractivity (Wildman–Crippen MR) is 79.1 cm³/mol. The molecule has 2 aromatic carbocycles. The summed E-state index contributed by atoms with van der Waals surface area (Å²) in [6.45, 7) is -2.94. The number of carbonyl (C=O) groups excluding carboxylic acids is 1. The molecule has 0 fully saturated rings. The summed E-state index contributed by atoms with van der Waals surface area (Å²) in [5.74, 6) is -0.660. The number of nitro benzene ring substituents is 1. The Morgan fingerprint density at radius 1 is 1.22 bits per heavy atom. The van der Waals surface area contributed by atoms with Gasteiger partial charge in [-0.25, -0.2) is 0 Å². The van der Waals surface area contributed by atoms with Gasteiger partial charge in [0.25, 0.3) is 11.6 Å². The second kappa shape index (κ2) is 7.01. The van der Waals surface area contributed by atoms with Crippen molar-refractivity contribution in [3.05, 3.63) is 63.2 Å². The Hall–Kier alpha value is -2.74. The van der Waals surface area contributed by atoms with Crippen LogP contribution in [0, 0.1) is 10.1 Å². The Bertz CT molecular complexity index is 738. The molecule has 120 valence electrons. The topological polar surface area (TPSA) is 81.5 Å². The molecule has 0 aliphatic carbocycles. The van der Waals surface area contributed by atoms with E-state index in [0.717, 1.165) is 6.07 Å². The SMILES string of the molecule is O=C(Nc1ccc(OC(F)F)cc1)c1ccc(Cl)c([N+](=O)[O-])c1. The first kappa shape index (κ1) is 16.6. The van der Waals surface area contributed by atoms with Crippen molar-refractivity contribution in [2.75, 3.05) is 5.32 Å². The van der Waals surface area contributed by atoms with E-state index in [-0.39, 0.29) is 22.0 Å². The van der Waals surface area contributed by atoms with Gasteiger partial charge in [0.1, 0.15) is 10.8 Å². The van der Waals surface area contributed by atoms with Crippen LogP contribution in [0.3, 0.4) is 0 Å². The number of hydrogen-bond acceptors (Lipinski definition) is 4. The monoisotopic (exact) mass is 342 g/mol. The van der Waals surface area contributed by atoms with Crippen molar-refractivity contribution < 1.29 is 23.2 Å². The third-order valence-electron chi connectivity index (χ3n) is 2.74. The van der Waals surface area contributed by atoms with E-state index < -0.39 is 17.4 Å². The highest BCUT2D eigenvalue weighted by molar-refractivity contribution is 6.32. The van der Waals surface area contributed by atoms with Gasteiger partial charge in [-0.1, -0.05) is 11.6 Å². The molecule has 0 aromatic heterocycles. The highest BCUT2D eigenvalue weighted by Gasteiger charge is 2.16. The van der Waals surface area contributed by atoms with Crippen LogP contribution in [0.4, 0.5) is 20.2 Å². The van der Waals surface area contributed by atoms with Crippen LogP contribution in [0.15, 0.2) is 42.5 Å². The number of nitrogens with zero attached hydrogens (tertiary/aromatic N) is 1. The molecule has 0 unspecified atom stereocenters. The third kappa shape index (κ3) is 4.36. The molecule has 0 atom stereocenters. The Labute approximate surface area is 133 Å². The maximum absolute atomic E-state index is 12.0. The van der Waals surface area contributed by atoms with Crippen molar-refractivity contribution in [2.24, 2.45) is 0 Å². The number of carbonyl (C=O) groups is 1. The number of benzene rings is 2. The molecule has 0 aliphatic rings.